The van der Waals surface area contributed by atoms with E-state index >= 15 is 0 Å². The molecule has 112 valence electrons. The van der Waals surface area contributed by atoms with Crippen LogP contribution in [-0.2, 0) is 22.1 Å². The summed E-state index contributed by atoms with van der Waals surface area (Å²) in [5, 5.41) is 1.30. The summed E-state index contributed by atoms with van der Waals surface area (Å²) in [5.41, 5.74) is 1.90. The van der Waals surface area contributed by atoms with Gasteiger partial charge in [-0.1, -0.05) is 29.3 Å². The summed E-state index contributed by atoms with van der Waals surface area (Å²) in [6, 6.07) is 9.21. The largest absolute Gasteiger partial charge is 0.390 e. The van der Waals surface area contributed by atoms with Gasteiger partial charge in [0.2, 0.25) is 0 Å². The second-order valence-electron chi connectivity index (χ2n) is 5.07. The van der Waals surface area contributed by atoms with Crippen molar-refractivity contribution in [3.63, 3.8) is 0 Å². The van der Waals surface area contributed by atoms with Gasteiger partial charge in [-0.15, -0.1) is 0 Å². The van der Waals surface area contributed by atoms with E-state index in [0.29, 0.717) is 23.3 Å². The molecule has 3 nitrogen and oxygen atoms in total. The highest BCUT2D eigenvalue weighted by molar-refractivity contribution is 6.64. The SMILES string of the molecule is C[Si](C)(OCc1cccnc1)OCc1cc(Cl)ccc1Cl. The molecule has 0 radical (unpaired) electrons. The van der Waals surface area contributed by atoms with Crippen molar-refractivity contribution in [2.45, 2.75) is 26.3 Å². The number of hydrogen-bond acceptors (Lipinski definition) is 3. The van der Waals surface area contributed by atoms with Crippen LogP contribution in [0.25, 0.3) is 0 Å². The Hall–Kier alpha value is -0.913. The molecule has 0 saturated carbocycles. The van der Waals surface area contributed by atoms with Crippen LogP contribution in [0.1, 0.15) is 11.1 Å². The summed E-state index contributed by atoms with van der Waals surface area (Å²) in [7, 11) is -2.24. The van der Waals surface area contributed by atoms with Crippen LogP contribution >= 0.6 is 23.2 Å². The van der Waals surface area contributed by atoms with Gasteiger partial charge in [0.1, 0.15) is 0 Å². The Balaban J connectivity index is 1.90. The van der Waals surface area contributed by atoms with Crippen molar-refractivity contribution >= 4 is 31.8 Å². The Morgan fingerprint density at radius 1 is 1.10 bits per heavy atom. The smallest absolute Gasteiger partial charge is 0.332 e. The van der Waals surface area contributed by atoms with E-state index < -0.39 is 8.56 Å². The van der Waals surface area contributed by atoms with Gasteiger partial charge in [0.05, 0.1) is 13.2 Å². The van der Waals surface area contributed by atoms with Crippen LogP contribution in [-0.4, -0.2) is 13.5 Å². The van der Waals surface area contributed by atoms with Crippen molar-refractivity contribution < 1.29 is 8.85 Å². The minimum Gasteiger partial charge on any atom is -0.390 e. The molecule has 6 heteroatoms. The number of hydrogen-bond donors (Lipinski definition) is 0. The summed E-state index contributed by atoms with van der Waals surface area (Å²) in [4.78, 5) is 4.06. The molecule has 0 aliphatic rings. The normalized spacial score (nSPS) is 11.6. The van der Waals surface area contributed by atoms with Gasteiger partial charge >= 0.3 is 8.56 Å². The number of aromatic nitrogens is 1. The van der Waals surface area contributed by atoms with E-state index in [2.05, 4.69) is 4.98 Å². The number of benzene rings is 1. The molecule has 2 rings (SSSR count). The molecule has 2 aromatic rings. The summed E-state index contributed by atoms with van der Waals surface area (Å²) in [6.07, 6.45) is 3.53. The molecule has 1 heterocycles. The fourth-order valence-corrected chi connectivity index (χ4v) is 3.16. The fraction of sp³-hybridized carbons (Fsp3) is 0.267. The highest BCUT2D eigenvalue weighted by Gasteiger charge is 2.25. The predicted octanol–water partition coefficient (Wildman–Crippen LogP) is 4.82. The molecular weight excluding hydrogens is 325 g/mol. The van der Waals surface area contributed by atoms with Crippen LogP contribution < -0.4 is 0 Å². The van der Waals surface area contributed by atoms with Crippen molar-refractivity contribution in [2.75, 3.05) is 0 Å². The summed E-state index contributed by atoms with van der Waals surface area (Å²) in [5.74, 6) is 0. The van der Waals surface area contributed by atoms with Gasteiger partial charge in [-0.25, -0.2) is 0 Å². The molecule has 0 aliphatic carbocycles. The lowest BCUT2D eigenvalue weighted by molar-refractivity contribution is 0.164. The number of pyridine rings is 1. The average Bonchev–Trinajstić information content (AvgIpc) is 2.47. The van der Waals surface area contributed by atoms with E-state index in [4.69, 9.17) is 32.1 Å². The lowest BCUT2D eigenvalue weighted by Crippen LogP contribution is -2.34. The molecule has 0 amide bonds. The van der Waals surface area contributed by atoms with Crippen molar-refractivity contribution in [1.82, 2.24) is 4.98 Å². The summed E-state index contributed by atoms with van der Waals surface area (Å²) >= 11 is 12.1. The first-order valence-corrected chi connectivity index (χ1v) is 10.1. The average molecular weight is 342 g/mol. The van der Waals surface area contributed by atoms with Gasteiger partial charge in [-0.05, 0) is 48.5 Å². The Bertz CT molecular complexity index is 593. The zero-order valence-electron chi connectivity index (χ0n) is 12.0. The Morgan fingerprint density at radius 3 is 2.57 bits per heavy atom. The van der Waals surface area contributed by atoms with Crippen molar-refractivity contribution in [1.29, 1.82) is 0 Å². The highest BCUT2D eigenvalue weighted by atomic mass is 35.5. The quantitative estimate of drug-likeness (QED) is 0.705. The Labute approximate surface area is 136 Å². The van der Waals surface area contributed by atoms with E-state index in [0.717, 1.165) is 11.1 Å². The van der Waals surface area contributed by atoms with Crippen molar-refractivity contribution in [3.8, 4) is 0 Å². The van der Waals surface area contributed by atoms with Crippen LogP contribution in [0.15, 0.2) is 42.7 Å². The van der Waals surface area contributed by atoms with Gasteiger partial charge in [0.25, 0.3) is 0 Å². The molecule has 0 bridgehead atoms. The molecule has 21 heavy (non-hydrogen) atoms. The maximum atomic E-state index is 6.13. The Kier molecular flexibility index (Phi) is 5.78. The van der Waals surface area contributed by atoms with Gasteiger partial charge in [-0.2, -0.15) is 0 Å². The van der Waals surface area contributed by atoms with Gasteiger partial charge in [-0.3, -0.25) is 4.98 Å². The monoisotopic (exact) mass is 341 g/mol. The van der Waals surface area contributed by atoms with Crippen LogP contribution in [0.4, 0.5) is 0 Å². The Morgan fingerprint density at radius 2 is 1.86 bits per heavy atom. The van der Waals surface area contributed by atoms with Crippen LogP contribution in [0, 0.1) is 0 Å². The first-order chi connectivity index (χ1) is 9.96. The van der Waals surface area contributed by atoms with E-state index in [9.17, 15) is 0 Å². The number of rotatable bonds is 6. The van der Waals surface area contributed by atoms with E-state index in [1.165, 1.54) is 0 Å². The maximum Gasteiger partial charge on any atom is 0.332 e. The summed E-state index contributed by atoms with van der Waals surface area (Å²) < 4.78 is 11.8. The molecule has 0 unspecified atom stereocenters. The topological polar surface area (TPSA) is 31.4 Å². The van der Waals surface area contributed by atoms with Crippen LogP contribution in [0.3, 0.4) is 0 Å². The van der Waals surface area contributed by atoms with Gasteiger partial charge in [0.15, 0.2) is 0 Å². The lowest BCUT2D eigenvalue weighted by atomic mass is 10.2. The first-order valence-electron chi connectivity index (χ1n) is 6.57. The van der Waals surface area contributed by atoms with E-state index in [1.54, 1.807) is 24.5 Å². The zero-order valence-corrected chi connectivity index (χ0v) is 14.5. The third-order valence-electron chi connectivity index (χ3n) is 2.89. The third-order valence-corrected chi connectivity index (χ3v) is 5.18. The van der Waals surface area contributed by atoms with Crippen molar-refractivity contribution in [2.24, 2.45) is 0 Å². The zero-order chi connectivity index (χ0) is 15.3. The summed E-state index contributed by atoms with van der Waals surface area (Å²) in [6.45, 7) is 4.89. The molecule has 0 fully saturated rings. The minimum atomic E-state index is -2.24. The molecule has 0 saturated heterocycles. The minimum absolute atomic E-state index is 0.394. The predicted molar refractivity (Wildman–Crippen MR) is 87.8 cm³/mol. The second-order valence-corrected chi connectivity index (χ2v) is 9.29. The van der Waals surface area contributed by atoms with Crippen LogP contribution in [0.5, 0.6) is 0 Å². The molecule has 0 N–H and O–H groups in total. The molecule has 1 aromatic carbocycles. The number of nitrogens with zero attached hydrogens (tertiary/aromatic N) is 1. The molecule has 0 atom stereocenters. The standard InChI is InChI=1S/C15H17Cl2NO2Si/c1-21(2,19-10-12-4-3-7-18-9-12)20-11-13-8-14(16)5-6-15(13)17/h3-9H,10-11H2,1-2H3. The van der Waals surface area contributed by atoms with Crippen LogP contribution in [0.2, 0.25) is 23.1 Å². The molecule has 0 aliphatic heterocycles. The van der Waals surface area contributed by atoms with E-state index in [-0.39, 0.29) is 0 Å². The molecule has 0 spiro atoms. The number of halogens is 2. The second kappa shape index (κ2) is 7.38. The molecular formula is C15H17Cl2NO2Si. The fourth-order valence-electron chi connectivity index (χ4n) is 1.69. The lowest BCUT2D eigenvalue weighted by Gasteiger charge is -2.23. The van der Waals surface area contributed by atoms with Gasteiger partial charge < -0.3 is 8.85 Å². The van der Waals surface area contributed by atoms with Crippen molar-refractivity contribution in [3.05, 3.63) is 63.9 Å². The highest BCUT2D eigenvalue weighted by Crippen LogP contribution is 2.23. The van der Waals surface area contributed by atoms with E-state index in [1.807, 2.05) is 31.3 Å². The maximum absolute atomic E-state index is 6.13. The molecule has 1 aromatic heterocycles. The third kappa shape index (κ3) is 5.41. The first kappa shape index (κ1) is 16.5. The van der Waals surface area contributed by atoms with Gasteiger partial charge in [0, 0.05) is 22.4 Å².